The highest BCUT2D eigenvalue weighted by atomic mass is 16.3. The van der Waals surface area contributed by atoms with Gasteiger partial charge in [0.15, 0.2) is 0 Å². The van der Waals surface area contributed by atoms with E-state index in [1.807, 2.05) is 6.92 Å². The number of aliphatic hydroxyl groups excluding tert-OH is 1. The van der Waals surface area contributed by atoms with E-state index in [4.69, 9.17) is 5.11 Å². The highest BCUT2D eigenvalue weighted by Crippen LogP contribution is 1.99. The molecular weight excluding hydrogens is 124 g/mol. The molecule has 0 rings (SSSR count). The van der Waals surface area contributed by atoms with E-state index < -0.39 is 0 Å². The van der Waals surface area contributed by atoms with Crippen LogP contribution in [0.15, 0.2) is 12.2 Å². The zero-order valence-electron chi connectivity index (χ0n) is 7.01. The van der Waals surface area contributed by atoms with Crippen molar-refractivity contribution >= 4 is 0 Å². The van der Waals surface area contributed by atoms with E-state index in [9.17, 15) is 0 Å². The summed E-state index contributed by atoms with van der Waals surface area (Å²) in [7, 11) is 0. The van der Waals surface area contributed by atoms with Crippen molar-refractivity contribution in [3.8, 4) is 0 Å². The molecular formula is C9H18O. The second-order valence-corrected chi connectivity index (χ2v) is 2.73. The van der Waals surface area contributed by atoms with Crippen molar-refractivity contribution in [1.29, 1.82) is 0 Å². The van der Waals surface area contributed by atoms with E-state index in [1.54, 1.807) is 0 Å². The third kappa shape index (κ3) is 5.83. The van der Waals surface area contributed by atoms with Crippen molar-refractivity contribution in [2.24, 2.45) is 5.92 Å². The summed E-state index contributed by atoms with van der Waals surface area (Å²) < 4.78 is 0. The highest BCUT2D eigenvalue weighted by molar-refractivity contribution is 4.85. The number of aliphatic hydroxyl groups is 1. The summed E-state index contributed by atoms with van der Waals surface area (Å²) in [5, 5.41) is 8.64. The molecule has 0 amide bonds. The molecule has 0 saturated carbocycles. The van der Waals surface area contributed by atoms with Gasteiger partial charge in [-0.3, -0.25) is 0 Å². The number of hydrogen-bond donors (Lipinski definition) is 1. The zero-order valence-corrected chi connectivity index (χ0v) is 7.01. The Kier molecular flexibility index (Phi) is 6.61. The van der Waals surface area contributed by atoms with E-state index >= 15 is 0 Å². The van der Waals surface area contributed by atoms with Crippen LogP contribution in [0, 0.1) is 5.92 Å². The lowest BCUT2D eigenvalue weighted by Crippen LogP contribution is -1.94. The lowest BCUT2D eigenvalue weighted by Gasteiger charge is -1.97. The standard InChI is InChI=1S/C9H18O/c1-3-4-5-6-7-9(2)8-10/h6-7,9-10H,3-5,8H2,1-2H3/b7-6+. The normalized spacial score (nSPS) is 14.3. The van der Waals surface area contributed by atoms with E-state index in [0.29, 0.717) is 5.92 Å². The molecule has 0 aliphatic heterocycles. The minimum atomic E-state index is 0.266. The largest absolute Gasteiger partial charge is 0.396 e. The number of allylic oxidation sites excluding steroid dienone is 1. The van der Waals surface area contributed by atoms with Crippen LogP contribution in [0.3, 0.4) is 0 Å². The molecule has 1 unspecified atom stereocenters. The van der Waals surface area contributed by atoms with Crippen molar-refractivity contribution in [3.05, 3.63) is 12.2 Å². The van der Waals surface area contributed by atoms with Gasteiger partial charge in [0.2, 0.25) is 0 Å². The SMILES string of the molecule is CCCC/C=C/C(C)CO. The Balaban J connectivity index is 3.18. The summed E-state index contributed by atoms with van der Waals surface area (Å²) in [6, 6.07) is 0. The second-order valence-electron chi connectivity index (χ2n) is 2.73. The average Bonchev–Trinajstić information content (AvgIpc) is 1.98. The first kappa shape index (κ1) is 9.70. The van der Waals surface area contributed by atoms with Gasteiger partial charge in [0, 0.05) is 6.61 Å². The first-order chi connectivity index (χ1) is 4.81. The molecule has 0 aromatic heterocycles. The fourth-order valence-electron chi connectivity index (χ4n) is 0.711. The molecule has 0 aromatic rings. The van der Waals surface area contributed by atoms with Crippen LogP contribution in [0.1, 0.15) is 33.1 Å². The van der Waals surface area contributed by atoms with Gasteiger partial charge in [-0.15, -0.1) is 0 Å². The van der Waals surface area contributed by atoms with Crippen LogP contribution >= 0.6 is 0 Å². The third-order valence-electron chi connectivity index (χ3n) is 1.48. The van der Waals surface area contributed by atoms with E-state index in [2.05, 4.69) is 19.1 Å². The Morgan fingerprint density at radius 1 is 1.50 bits per heavy atom. The summed E-state index contributed by atoms with van der Waals surface area (Å²) in [6.07, 6.45) is 7.90. The third-order valence-corrected chi connectivity index (χ3v) is 1.48. The van der Waals surface area contributed by atoms with Crippen LogP contribution in [0.4, 0.5) is 0 Å². The fraction of sp³-hybridized carbons (Fsp3) is 0.778. The molecule has 1 atom stereocenters. The van der Waals surface area contributed by atoms with Crippen LogP contribution < -0.4 is 0 Å². The quantitative estimate of drug-likeness (QED) is 0.461. The fourth-order valence-corrected chi connectivity index (χ4v) is 0.711. The van der Waals surface area contributed by atoms with Gasteiger partial charge in [0.05, 0.1) is 0 Å². The van der Waals surface area contributed by atoms with Crippen LogP contribution in [0.5, 0.6) is 0 Å². The van der Waals surface area contributed by atoms with Gasteiger partial charge < -0.3 is 5.11 Å². The Bertz CT molecular complexity index is 86.7. The number of hydrogen-bond acceptors (Lipinski definition) is 1. The van der Waals surface area contributed by atoms with Gasteiger partial charge in [-0.2, -0.15) is 0 Å². The molecule has 0 aliphatic rings. The van der Waals surface area contributed by atoms with Gasteiger partial charge in [-0.05, 0) is 12.3 Å². The molecule has 10 heavy (non-hydrogen) atoms. The Labute approximate surface area is 63.8 Å². The van der Waals surface area contributed by atoms with E-state index in [1.165, 1.54) is 12.8 Å². The lowest BCUT2D eigenvalue weighted by atomic mass is 10.1. The van der Waals surface area contributed by atoms with Crippen LogP contribution in [-0.2, 0) is 0 Å². The zero-order chi connectivity index (χ0) is 7.82. The molecule has 60 valence electrons. The molecule has 0 fully saturated rings. The van der Waals surface area contributed by atoms with Crippen LogP contribution in [0.2, 0.25) is 0 Å². The summed E-state index contributed by atoms with van der Waals surface area (Å²) in [5.74, 6) is 0.330. The average molecular weight is 142 g/mol. The molecule has 0 radical (unpaired) electrons. The first-order valence-corrected chi connectivity index (χ1v) is 4.08. The van der Waals surface area contributed by atoms with E-state index in [0.717, 1.165) is 6.42 Å². The Morgan fingerprint density at radius 3 is 2.70 bits per heavy atom. The summed E-state index contributed by atoms with van der Waals surface area (Å²) >= 11 is 0. The van der Waals surface area contributed by atoms with Crippen LogP contribution in [-0.4, -0.2) is 11.7 Å². The predicted molar refractivity (Wildman–Crippen MR) is 44.9 cm³/mol. The Hall–Kier alpha value is -0.300. The van der Waals surface area contributed by atoms with Crippen molar-refractivity contribution in [2.45, 2.75) is 33.1 Å². The number of rotatable bonds is 5. The van der Waals surface area contributed by atoms with Gasteiger partial charge >= 0.3 is 0 Å². The van der Waals surface area contributed by atoms with Crippen molar-refractivity contribution < 1.29 is 5.11 Å². The molecule has 1 nitrogen and oxygen atoms in total. The molecule has 0 heterocycles. The highest BCUT2D eigenvalue weighted by Gasteiger charge is 1.89. The molecule has 1 N–H and O–H groups in total. The van der Waals surface area contributed by atoms with Gasteiger partial charge in [-0.25, -0.2) is 0 Å². The van der Waals surface area contributed by atoms with Gasteiger partial charge in [-0.1, -0.05) is 38.8 Å². The molecule has 1 heteroatoms. The molecule has 0 spiro atoms. The summed E-state index contributed by atoms with van der Waals surface area (Å²) in [5.41, 5.74) is 0. The maximum atomic E-state index is 8.64. The molecule has 0 aliphatic carbocycles. The van der Waals surface area contributed by atoms with Crippen molar-refractivity contribution in [2.75, 3.05) is 6.61 Å². The van der Waals surface area contributed by atoms with Crippen LogP contribution in [0.25, 0.3) is 0 Å². The number of unbranched alkanes of at least 4 members (excludes halogenated alkanes) is 2. The topological polar surface area (TPSA) is 20.2 Å². The van der Waals surface area contributed by atoms with Gasteiger partial charge in [0.25, 0.3) is 0 Å². The minimum Gasteiger partial charge on any atom is -0.396 e. The predicted octanol–water partition coefficient (Wildman–Crippen LogP) is 2.36. The molecule has 0 bridgehead atoms. The smallest absolute Gasteiger partial charge is 0.0491 e. The molecule has 0 saturated heterocycles. The summed E-state index contributed by atoms with van der Waals surface area (Å²) in [4.78, 5) is 0. The van der Waals surface area contributed by atoms with Crippen molar-refractivity contribution in [1.82, 2.24) is 0 Å². The van der Waals surface area contributed by atoms with Crippen molar-refractivity contribution in [3.63, 3.8) is 0 Å². The lowest BCUT2D eigenvalue weighted by molar-refractivity contribution is 0.262. The second kappa shape index (κ2) is 6.81. The maximum Gasteiger partial charge on any atom is 0.0491 e. The van der Waals surface area contributed by atoms with Gasteiger partial charge in [0.1, 0.15) is 0 Å². The minimum absolute atomic E-state index is 0.266. The molecule has 0 aromatic carbocycles. The summed E-state index contributed by atoms with van der Waals surface area (Å²) in [6.45, 7) is 4.47. The first-order valence-electron chi connectivity index (χ1n) is 4.08. The monoisotopic (exact) mass is 142 g/mol. The maximum absolute atomic E-state index is 8.64. The van der Waals surface area contributed by atoms with E-state index in [-0.39, 0.29) is 6.61 Å². The Morgan fingerprint density at radius 2 is 2.20 bits per heavy atom.